The highest BCUT2D eigenvalue weighted by Crippen LogP contribution is 2.38. The molecule has 0 amide bonds. The third-order valence-electron chi connectivity index (χ3n) is 14.3. The predicted molar refractivity (Wildman–Crippen MR) is 295 cm³/mol. The van der Waals surface area contributed by atoms with Gasteiger partial charge in [0.15, 0.2) is 8.07 Å². The van der Waals surface area contributed by atoms with E-state index in [1.807, 2.05) is 0 Å². The molecule has 11 aromatic carbocycles. The van der Waals surface area contributed by atoms with E-state index in [1.165, 1.54) is 103 Å². The quantitative estimate of drug-likeness (QED) is 0.101. The van der Waals surface area contributed by atoms with Crippen LogP contribution < -0.4 is 20.7 Å². The van der Waals surface area contributed by atoms with Crippen molar-refractivity contribution in [3.63, 3.8) is 0 Å². The van der Waals surface area contributed by atoms with E-state index in [1.54, 1.807) is 0 Å². The number of aromatic nitrogens is 2. The van der Waals surface area contributed by atoms with Crippen molar-refractivity contribution in [3.8, 4) is 44.8 Å². The van der Waals surface area contributed by atoms with Crippen LogP contribution >= 0.6 is 0 Å². The molecule has 0 saturated heterocycles. The number of rotatable bonds is 9. The molecule has 3 heteroatoms. The third-order valence-corrected chi connectivity index (χ3v) is 19.0. The van der Waals surface area contributed by atoms with E-state index >= 15 is 0 Å². The normalized spacial score (nSPS) is 11.8. The van der Waals surface area contributed by atoms with Gasteiger partial charge in [-0.3, -0.25) is 0 Å². The molecular formula is C66H46N2Si. The number of para-hydroxylation sites is 3. The van der Waals surface area contributed by atoms with Gasteiger partial charge >= 0.3 is 0 Å². The van der Waals surface area contributed by atoms with Gasteiger partial charge in [-0.25, -0.2) is 0 Å². The maximum absolute atomic E-state index is 2.69. The molecule has 13 aromatic rings. The van der Waals surface area contributed by atoms with Gasteiger partial charge in [-0.1, -0.05) is 218 Å². The molecule has 69 heavy (non-hydrogen) atoms. The summed E-state index contributed by atoms with van der Waals surface area (Å²) in [5.74, 6) is 0. The van der Waals surface area contributed by atoms with E-state index in [0.29, 0.717) is 0 Å². The Morgan fingerprint density at radius 3 is 1.06 bits per heavy atom. The molecule has 0 unspecified atom stereocenters. The Labute approximate surface area is 403 Å². The molecular weight excluding hydrogens is 849 g/mol. The molecule has 0 aliphatic heterocycles. The molecule has 0 spiro atoms. The summed E-state index contributed by atoms with van der Waals surface area (Å²) in [5.41, 5.74) is 14.3. The zero-order chi connectivity index (χ0) is 45.7. The summed E-state index contributed by atoms with van der Waals surface area (Å²) in [7, 11) is -2.69. The van der Waals surface area contributed by atoms with Crippen molar-refractivity contribution in [3.05, 3.63) is 279 Å². The van der Waals surface area contributed by atoms with E-state index in [2.05, 4.69) is 288 Å². The van der Waals surface area contributed by atoms with E-state index in [4.69, 9.17) is 0 Å². The minimum absolute atomic E-state index is 1.14. The van der Waals surface area contributed by atoms with Gasteiger partial charge in [-0.15, -0.1) is 0 Å². The predicted octanol–water partition coefficient (Wildman–Crippen LogP) is 14.3. The maximum atomic E-state index is 2.46. The van der Waals surface area contributed by atoms with Gasteiger partial charge in [0.2, 0.25) is 0 Å². The second-order valence-electron chi connectivity index (χ2n) is 18.1. The smallest absolute Gasteiger partial charge is 0.179 e. The van der Waals surface area contributed by atoms with Crippen LogP contribution in [0.1, 0.15) is 0 Å². The van der Waals surface area contributed by atoms with Gasteiger partial charge in [0.05, 0.1) is 22.1 Å². The summed E-state index contributed by atoms with van der Waals surface area (Å²) < 4.78 is 4.81. The van der Waals surface area contributed by atoms with Crippen molar-refractivity contribution in [1.82, 2.24) is 9.13 Å². The Bertz CT molecular complexity index is 3890. The van der Waals surface area contributed by atoms with Crippen molar-refractivity contribution in [2.45, 2.75) is 0 Å². The molecule has 13 rings (SSSR count). The van der Waals surface area contributed by atoms with Crippen LogP contribution in [0, 0.1) is 0 Å². The number of benzene rings is 11. The Morgan fingerprint density at radius 1 is 0.203 bits per heavy atom. The first-order valence-electron chi connectivity index (χ1n) is 23.8. The van der Waals surface area contributed by atoms with Gasteiger partial charge < -0.3 is 9.13 Å². The SMILES string of the molecule is c1ccc(-n2c3ccccc3c3cc(-c4ccc(-c5ccc6c(c5)c5ccccc5n6-c5cccc(-c6cccc([Si](c7ccccc7)(c7ccccc7)c7ccccc7)c6)c5)cc4)ccc32)cc1. The molecule has 0 N–H and O–H groups in total. The highest BCUT2D eigenvalue weighted by Gasteiger charge is 2.41. The number of nitrogens with zero attached hydrogens (tertiary/aromatic N) is 2. The first-order valence-corrected chi connectivity index (χ1v) is 25.8. The minimum Gasteiger partial charge on any atom is -0.309 e. The molecule has 0 saturated carbocycles. The minimum atomic E-state index is -2.69. The number of fused-ring (bicyclic) bond motifs is 6. The lowest BCUT2D eigenvalue weighted by Gasteiger charge is -2.34. The lowest BCUT2D eigenvalue weighted by atomic mass is 9.98. The second-order valence-corrected chi connectivity index (χ2v) is 21.9. The molecule has 0 aliphatic carbocycles. The summed E-state index contributed by atoms with van der Waals surface area (Å²) in [4.78, 5) is 0. The highest BCUT2D eigenvalue weighted by molar-refractivity contribution is 7.19. The molecule has 2 aromatic heterocycles. The van der Waals surface area contributed by atoms with Crippen LogP contribution in [-0.2, 0) is 0 Å². The molecule has 0 aliphatic rings. The Balaban J connectivity index is 0.870. The average molecular weight is 895 g/mol. The van der Waals surface area contributed by atoms with Gasteiger partial charge in [-0.2, -0.15) is 0 Å². The first kappa shape index (κ1) is 40.5. The summed E-state index contributed by atoms with van der Waals surface area (Å²) in [6.45, 7) is 0. The van der Waals surface area contributed by atoms with Crippen LogP contribution in [-0.4, -0.2) is 17.2 Å². The molecule has 0 fully saturated rings. The summed E-state index contributed by atoms with van der Waals surface area (Å²) >= 11 is 0. The Hall–Kier alpha value is -8.76. The van der Waals surface area contributed by atoms with Gasteiger partial charge in [0.1, 0.15) is 0 Å². The zero-order valence-corrected chi connectivity index (χ0v) is 39.0. The molecule has 324 valence electrons. The first-order chi connectivity index (χ1) is 34.2. The lowest BCUT2D eigenvalue weighted by molar-refractivity contribution is 1.18. The Morgan fingerprint density at radius 2 is 0.551 bits per heavy atom. The number of hydrogen-bond donors (Lipinski definition) is 0. The molecule has 2 nitrogen and oxygen atoms in total. The van der Waals surface area contributed by atoms with E-state index in [0.717, 1.165) is 5.69 Å². The van der Waals surface area contributed by atoms with Gasteiger partial charge in [0, 0.05) is 32.9 Å². The average Bonchev–Trinajstić information content (AvgIpc) is 3.95. The molecule has 2 heterocycles. The van der Waals surface area contributed by atoms with Crippen LogP contribution in [0.15, 0.2) is 279 Å². The number of hydrogen-bond acceptors (Lipinski definition) is 0. The summed E-state index contributed by atoms with van der Waals surface area (Å²) in [5, 5.41) is 10.5. The van der Waals surface area contributed by atoms with Crippen molar-refractivity contribution < 1.29 is 0 Å². The second kappa shape index (κ2) is 16.8. The summed E-state index contributed by atoms with van der Waals surface area (Å²) in [6.07, 6.45) is 0. The van der Waals surface area contributed by atoms with E-state index in [9.17, 15) is 0 Å². The van der Waals surface area contributed by atoms with Crippen LogP contribution in [0.2, 0.25) is 0 Å². The Kier molecular flexibility index (Phi) is 9.88. The standard InChI is InChI=1S/C66H46N2Si/c1-5-21-53(22-6-1)67-63-33-15-13-31-59(63)61-45-51(39-41-65(61)67)47-35-37-48(38-36-47)52-40-42-66-62(46-52)60-32-14-16-34-64(60)68(66)54-23-17-19-49(43-54)50-20-18-30-58(44-50)69(55-24-7-2-8-25-55,56-26-9-3-10-27-56)57-28-11-4-12-29-57/h1-46H. The van der Waals surface area contributed by atoms with Crippen LogP contribution in [0.4, 0.5) is 0 Å². The van der Waals surface area contributed by atoms with Crippen molar-refractivity contribution in [1.29, 1.82) is 0 Å². The lowest BCUT2D eigenvalue weighted by Crippen LogP contribution is -2.74. The zero-order valence-electron chi connectivity index (χ0n) is 38.0. The van der Waals surface area contributed by atoms with Crippen molar-refractivity contribution in [2.75, 3.05) is 0 Å². The maximum Gasteiger partial charge on any atom is 0.179 e. The largest absolute Gasteiger partial charge is 0.309 e. The van der Waals surface area contributed by atoms with E-state index in [-0.39, 0.29) is 0 Å². The molecule has 0 radical (unpaired) electrons. The van der Waals surface area contributed by atoms with Gasteiger partial charge in [0.25, 0.3) is 0 Å². The van der Waals surface area contributed by atoms with E-state index < -0.39 is 8.07 Å². The molecule has 0 atom stereocenters. The highest BCUT2D eigenvalue weighted by atomic mass is 28.3. The van der Waals surface area contributed by atoms with Crippen LogP contribution in [0.5, 0.6) is 0 Å². The van der Waals surface area contributed by atoms with Crippen LogP contribution in [0.3, 0.4) is 0 Å². The fourth-order valence-electron chi connectivity index (χ4n) is 11.1. The third kappa shape index (κ3) is 6.78. The fourth-order valence-corrected chi connectivity index (χ4v) is 15.9. The topological polar surface area (TPSA) is 9.86 Å². The van der Waals surface area contributed by atoms with Crippen LogP contribution in [0.25, 0.3) is 88.4 Å². The summed E-state index contributed by atoms with van der Waals surface area (Å²) in [6, 6.07) is 103. The monoisotopic (exact) mass is 894 g/mol. The van der Waals surface area contributed by atoms with Crippen molar-refractivity contribution >= 4 is 72.4 Å². The fraction of sp³-hybridized carbons (Fsp3) is 0. The molecule has 0 bridgehead atoms. The van der Waals surface area contributed by atoms with Crippen molar-refractivity contribution in [2.24, 2.45) is 0 Å². The van der Waals surface area contributed by atoms with Gasteiger partial charge in [-0.05, 0) is 115 Å².